The largest absolute Gasteiger partial charge is 0.368 e. The molecule has 1 fully saturated rings. The summed E-state index contributed by atoms with van der Waals surface area (Å²) in [5.74, 6) is 0.0829. The molecule has 0 spiro atoms. The number of aromatic nitrogens is 3. The number of nitrogens with one attached hydrogen (secondary N) is 2. The van der Waals surface area contributed by atoms with Gasteiger partial charge in [-0.05, 0) is 55.2 Å². The lowest BCUT2D eigenvalue weighted by molar-refractivity contribution is 0.0679. The van der Waals surface area contributed by atoms with Gasteiger partial charge in [-0.3, -0.25) is 9.36 Å². The third-order valence-corrected chi connectivity index (χ3v) is 7.40. The molecule has 5 rings (SSSR count). The van der Waals surface area contributed by atoms with Gasteiger partial charge >= 0.3 is 0 Å². The lowest BCUT2D eigenvalue weighted by Gasteiger charge is -2.38. The van der Waals surface area contributed by atoms with Crippen LogP contribution in [0.4, 0.5) is 5.69 Å². The Labute approximate surface area is 180 Å². The summed E-state index contributed by atoms with van der Waals surface area (Å²) in [5.41, 5.74) is 2.13. The molecular formula is C21H22N6O3S. The second kappa shape index (κ2) is 7.78. The standard InChI is InChI=1S/C21H22N6O3S/c28-21(16-5-7-17(8-6-16)27-13-22-23-14-27)26-11-9-15(10-12-26)20-24-18-3-1-2-4-19(18)31(29,30)25-20/h1-8,13-15,20,24-25H,9-12H2. The normalized spacial score (nSPS) is 20.6. The van der Waals surface area contributed by atoms with Crippen LogP contribution in [0.15, 0.2) is 66.1 Å². The van der Waals surface area contributed by atoms with Crippen LogP contribution in [0.3, 0.4) is 0 Å². The number of hydrogen-bond acceptors (Lipinski definition) is 6. The zero-order chi connectivity index (χ0) is 21.4. The minimum atomic E-state index is -3.54. The number of hydrogen-bond donors (Lipinski definition) is 2. The smallest absolute Gasteiger partial charge is 0.253 e. The number of likely N-dealkylation sites (tertiary alicyclic amines) is 1. The lowest BCUT2D eigenvalue weighted by Crippen LogP contribution is -2.52. The highest BCUT2D eigenvalue weighted by Crippen LogP contribution is 2.31. The highest BCUT2D eigenvalue weighted by molar-refractivity contribution is 7.89. The molecule has 2 aliphatic rings. The number of carbonyl (C=O) groups excluding carboxylic acids is 1. The number of para-hydroxylation sites is 1. The third-order valence-electron chi connectivity index (χ3n) is 5.90. The van der Waals surface area contributed by atoms with E-state index in [1.807, 2.05) is 23.1 Å². The number of rotatable bonds is 3. The fraction of sp³-hybridized carbons (Fsp3) is 0.286. The molecule has 2 aromatic carbocycles. The molecule has 1 atom stereocenters. The molecule has 0 radical (unpaired) electrons. The molecule has 2 N–H and O–H groups in total. The van der Waals surface area contributed by atoms with Crippen LogP contribution in [-0.4, -0.2) is 53.2 Å². The van der Waals surface area contributed by atoms with Crippen molar-refractivity contribution in [3.8, 4) is 5.69 Å². The number of anilines is 1. The molecule has 2 aliphatic heterocycles. The van der Waals surface area contributed by atoms with E-state index in [4.69, 9.17) is 0 Å². The highest BCUT2D eigenvalue weighted by atomic mass is 32.2. The summed E-state index contributed by atoms with van der Waals surface area (Å²) in [6.45, 7) is 1.16. The van der Waals surface area contributed by atoms with Gasteiger partial charge in [-0.1, -0.05) is 12.1 Å². The summed E-state index contributed by atoms with van der Waals surface area (Å²) in [6.07, 6.45) is 4.26. The predicted octanol–water partition coefficient (Wildman–Crippen LogP) is 1.85. The van der Waals surface area contributed by atoms with Gasteiger partial charge in [-0.25, -0.2) is 8.42 Å². The highest BCUT2D eigenvalue weighted by Gasteiger charge is 2.35. The van der Waals surface area contributed by atoms with Crippen LogP contribution < -0.4 is 10.0 Å². The summed E-state index contributed by atoms with van der Waals surface area (Å²) in [6, 6.07) is 14.2. The van der Waals surface area contributed by atoms with Crippen molar-refractivity contribution >= 4 is 21.6 Å². The first-order chi connectivity index (χ1) is 15.0. The van der Waals surface area contributed by atoms with Gasteiger partial charge < -0.3 is 10.2 Å². The van der Waals surface area contributed by atoms with Crippen LogP contribution in [0.1, 0.15) is 23.2 Å². The minimum absolute atomic E-state index is 0.0173. The van der Waals surface area contributed by atoms with Gasteiger partial charge in [0.15, 0.2) is 0 Å². The zero-order valence-electron chi connectivity index (χ0n) is 16.7. The number of piperidine rings is 1. The quantitative estimate of drug-likeness (QED) is 0.646. The summed E-state index contributed by atoms with van der Waals surface area (Å²) < 4.78 is 29.7. The maximum atomic E-state index is 12.9. The topological polar surface area (TPSA) is 109 Å². The van der Waals surface area contributed by atoms with Gasteiger partial charge in [0, 0.05) is 24.3 Å². The monoisotopic (exact) mass is 438 g/mol. The molecule has 10 heteroatoms. The predicted molar refractivity (Wildman–Crippen MR) is 114 cm³/mol. The first kappa shape index (κ1) is 19.7. The van der Waals surface area contributed by atoms with Crippen molar-refractivity contribution < 1.29 is 13.2 Å². The summed E-state index contributed by atoms with van der Waals surface area (Å²) >= 11 is 0. The van der Waals surface area contributed by atoms with Crippen LogP contribution in [0.5, 0.6) is 0 Å². The van der Waals surface area contributed by atoms with Crippen molar-refractivity contribution in [2.45, 2.75) is 23.9 Å². The van der Waals surface area contributed by atoms with Gasteiger partial charge in [0.1, 0.15) is 17.6 Å². The van der Waals surface area contributed by atoms with Crippen molar-refractivity contribution in [2.75, 3.05) is 18.4 Å². The van der Waals surface area contributed by atoms with E-state index in [9.17, 15) is 13.2 Å². The Balaban J connectivity index is 1.23. The molecule has 0 bridgehead atoms. The molecule has 3 heterocycles. The maximum Gasteiger partial charge on any atom is 0.253 e. The molecule has 160 valence electrons. The van der Waals surface area contributed by atoms with Gasteiger partial charge in [-0.15, -0.1) is 10.2 Å². The van der Waals surface area contributed by atoms with Crippen LogP contribution in [0.2, 0.25) is 0 Å². The summed E-state index contributed by atoms with van der Waals surface area (Å²) in [5, 5.41) is 10.9. The van der Waals surface area contributed by atoms with Crippen LogP contribution in [0, 0.1) is 5.92 Å². The second-order valence-electron chi connectivity index (χ2n) is 7.79. The van der Waals surface area contributed by atoms with Crippen molar-refractivity contribution in [2.24, 2.45) is 5.92 Å². The number of sulfonamides is 1. The maximum absolute atomic E-state index is 12.9. The number of benzene rings is 2. The fourth-order valence-corrected chi connectivity index (χ4v) is 5.58. The SMILES string of the molecule is O=C(c1ccc(-n2cnnc2)cc1)N1CCC(C2Nc3ccccc3S(=O)(=O)N2)CC1. The molecular weight excluding hydrogens is 416 g/mol. The molecule has 1 amide bonds. The first-order valence-corrected chi connectivity index (χ1v) is 11.6. The van der Waals surface area contributed by atoms with Crippen molar-refractivity contribution in [3.05, 3.63) is 66.7 Å². The van der Waals surface area contributed by atoms with E-state index >= 15 is 0 Å². The lowest BCUT2D eigenvalue weighted by atomic mass is 9.93. The Kier molecular flexibility index (Phi) is 4.95. The molecule has 1 unspecified atom stereocenters. The molecule has 3 aromatic rings. The molecule has 1 aromatic heterocycles. The Morgan fingerprint density at radius 1 is 0.968 bits per heavy atom. The Bertz CT molecular complexity index is 1190. The minimum Gasteiger partial charge on any atom is -0.368 e. The third kappa shape index (κ3) is 3.79. The average molecular weight is 439 g/mol. The van der Waals surface area contributed by atoms with Crippen LogP contribution in [0.25, 0.3) is 5.69 Å². The van der Waals surface area contributed by atoms with Gasteiger partial charge in [0.25, 0.3) is 5.91 Å². The van der Waals surface area contributed by atoms with Crippen molar-refractivity contribution in [3.63, 3.8) is 0 Å². The average Bonchev–Trinajstić information content (AvgIpc) is 3.33. The summed E-state index contributed by atoms with van der Waals surface area (Å²) in [4.78, 5) is 15.0. The number of fused-ring (bicyclic) bond motifs is 1. The number of nitrogens with zero attached hydrogens (tertiary/aromatic N) is 4. The zero-order valence-corrected chi connectivity index (χ0v) is 17.5. The molecule has 0 saturated carbocycles. The van der Waals surface area contributed by atoms with Crippen molar-refractivity contribution in [1.82, 2.24) is 24.4 Å². The first-order valence-electron chi connectivity index (χ1n) is 10.1. The van der Waals surface area contributed by atoms with E-state index in [2.05, 4.69) is 20.2 Å². The van der Waals surface area contributed by atoms with Crippen LogP contribution >= 0.6 is 0 Å². The van der Waals surface area contributed by atoms with E-state index in [0.717, 1.165) is 5.69 Å². The molecule has 9 nitrogen and oxygen atoms in total. The van der Waals surface area contributed by atoms with E-state index in [1.54, 1.807) is 47.6 Å². The van der Waals surface area contributed by atoms with Gasteiger partial charge in [0.2, 0.25) is 10.0 Å². The van der Waals surface area contributed by atoms with Crippen LogP contribution in [-0.2, 0) is 10.0 Å². The van der Waals surface area contributed by atoms with E-state index < -0.39 is 10.0 Å². The van der Waals surface area contributed by atoms with Gasteiger partial charge in [-0.2, -0.15) is 4.72 Å². The Morgan fingerprint density at radius 2 is 1.65 bits per heavy atom. The summed E-state index contributed by atoms with van der Waals surface area (Å²) in [7, 11) is -3.54. The Morgan fingerprint density at radius 3 is 2.35 bits per heavy atom. The van der Waals surface area contributed by atoms with Gasteiger partial charge in [0.05, 0.1) is 11.9 Å². The number of amides is 1. The fourth-order valence-electron chi connectivity index (χ4n) is 4.19. The van der Waals surface area contributed by atoms with E-state index in [0.29, 0.717) is 37.2 Å². The molecule has 0 aliphatic carbocycles. The second-order valence-corrected chi connectivity index (χ2v) is 9.47. The van der Waals surface area contributed by atoms with Crippen molar-refractivity contribution in [1.29, 1.82) is 0 Å². The Hall–Kier alpha value is -3.24. The molecule has 1 saturated heterocycles. The number of carbonyl (C=O) groups is 1. The molecule has 31 heavy (non-hydrogen) atoms. The van der Waals surface area contributed by atoms with E-state index in [1.165, 1.54) is 0 Å². The van der Waals surface area contributed by atoms with E-state index in [-0.39, 0.29) is 22.9 Å².